The summed E-state index contributed by atoms with van der Waals surface area (Å²) in [6.45, 7) is 0.235. The molecule has 0 aliphatic rings. The predicted molar refractivity (Wildman–Crippen MR) is 70.0 cm³/mol. The summed E-state index contributed by atoms with van der Waals surface area (Å²) in [4.78, 5) is 0. The maximum Gasteiger partial charge on any atom is 0.282 e. The van der Waals surface area contributed by atoms with E-state index in [9.17, 15) is 8.78 Å². The topological polar surface area (TPSA) is 56.7 Å². The van der Waals surface area contributed by atoms with Gasteiger partial charge in [-0.2, -0.15) is 0 Å². The van der Waals surface area contributed by atoms with Crippen LogP contribution in [-0.4, -0.2) is 20.5 Å². The molecular formula is C12H14F2N4S. The lowest BCUT2D eigenvalue weighted by atomic mass is 10.1. The number of benzene rings is 1. The molecule has 0 atom stereocenters. The van der Waals surface area contributed by atoms with Gasteiger partial charge in [-0.15, -0.1) is 10.2 Å². The minimum atomic E-state index is -2.90. The van der Waals surface area contributed by atoms with Gasteiger partial charge in [-0.05, 0) is 0 Å². The first kappa shape index (κ1) is 14.0. The van der Waals surface area contributed by atoms with E-state index in [1.54, 1.807) is 29.8 Å². The van der Waals surface area contributed by atoms with Gasteiger partial charge in [-0.25, -0.2) is 8.78 Å². The lowest BCUT2D eigenvalue weighted by Crippen LogP contribution is -2.17. The van der Waals surface area contributed by atoms with Crippen molar-refractivity contribution in [2.24, 2.45) is 12.8 Å². The minimum absolute atomic E-state index is 0.00344. The summed E-state index contributed by atoms with van der Waals surface area (Å²) in [6.07, 6.45) is 0. The van der Waals surface area contributed by atoms with Crippen LogP contribution in [0.25, 0.3) is 0 Å². The number of nitrogens with zero attached hydrogens (tertiary/aromatic N) is 3. The Hall–Kier alpha value is -1.47. The highest BCUT2D eigenvalue weighted by atomic mass is 32.2. The third-order valence-electron chi connectivity index (χ3n) is 2.69. The van der Waals surface area contributed by atoms with Gasteiger partial charge in [-0.1, -0.05) is 42.1 Å². The van der Waals surface area contributed by atoms with Gasteiger partial charge < -0.3 is 10.3 Å². The van der Waals surface area contributed by atoms with Crippen molar-refractivity contribution in [3.8, 4) is 0 Å². The Morgan fingerprint density at radius 3 is 2.53 bits per heavy atom. The molecule has 0 aliphatic heterocycles. The molecule has 1 aromatic heterocycles. The molecule has 2 aromatic rings. The van der Waals surface area contributed by atoms with Gasteiger partial charge in [0.1, 0.15) is 5.82 Å². The number of rotatable bonds is 5. The van der Waals surface area contributed by atoms with Gasteiger partial charge in [-0.3, -0.25) is 0 Å². The van der Waals surface area contributed by atoms with Crippen molar-refractivity contribution in [1.82, 2.24) is 14.8 Å². The lowest BCUT2D eigenvalue weighted by molar-refractivity contribution is 0.0231. The summed E-state index contributed by atoms with van der Waals surface area (Å²) in [5, 5.41) is 8.12. The zero-order valence-electron chi connectivity index (χ0n) is 10.4. The second-order valence-corrected chi connectivity index (χ2v) is 4.96. The SMILES string of the molecule is Cn1c(CN)nnc1SCC(F)(F)c1ccccc1. The van der Waals surface area contributed by atoms with Crippen LogP contribution in [0.4, 0.5) is 8.78 Å². The molecule has 102 valence electrons. The fraction of sp³-hybridized carbons (Fsp3) is 0.333. The molecule has 1 aromatic carbocycles. The molecule has 4 nitrogen and oxygen atoms in total. The van der Waals surface area contributed by atoms with Gasteiger partial charge in [0.05, 0.1) is 12.3 Å². The highest BCUT2D eigenvalue weighted by Crippen LogP contribution is 2.33. The van der Waals surface area contributed by atoms with Crippen LogP contribution in [0.3, 0.4) is 0 Å². The highest BCUT2D eigenvalue weighted by molar-refractivity contribution is 7.99. The first-order valence-corrected chi connectivity index (χ1v) is 6.67. The van der Waals surface area contributed by atoms with Gasteiger partial charge in [0, 0.05) is 12.6 Å². The van der Waals surface area contributed by atoms with Crippen molar-refractivity contribution in [1.29, 1.82) is 0 Å². The summed E-state index contributed by atoms with van der Waals surface area (Å²) in [6, 6.07) is 7.75. The predicted octanol–water partition coefficient (Wildman–Crippen LogP) is 2.16. The van der Waals surface area contributed by atoms with Crippen molar-refractivity contribution >= 4 is 11.8 Å². The number of nitrogens with two attached hydrogens (primary N) is 1. The maximum absolute atomic E-state index is 14.0. The van der Waals surface area contributed by atoms with Gasteiger partial charge in [0.15, 0.2) is 5.16 Å². The third-order valence-corrected chi connectivity index (χ3v) is 3.81. The summed E-state index contributed by atoms with van der Waals surface area (Å²) >= 11 is 0.969. The lowest BCUT2D eigenvalue weighted by Gasteiger charge is -2.15. The first-order valence-electron chi connectivity index (χ1n) is 5.69. The summed E-state index contributed by atoms with van der Waals surface area (Å²) in [7, 11) is 1.71. The molecule has 0 saturated carbocycles. The number of hydrogen-bond donors (Lipinski definition) is 1. The van der Waals surface area contributed by atoms with E-state index >= 15 is 0 Å². The van der Waals surface area contributed by atoms with Gasteiger partial charge >= 0.3 is 0 Å². The average molecular weight is 284 g/mol. The number of aromatic nitrogens is 3. The van der Waals surface area contributed by atoms with Crippen LogP contribution in [-0.2, 0) is 19.5 Å². The zero-order valence-corrected chi connectivity index (χ0v) is 11.2. The van der Waals surface area contributed by atoms with E-state index in [0.717, 1.165) is 11.8 Å². The van der Waals surface area contributed by atoms with Crippen molar-refractivity contribution in [3.05, 3.63) is 41.7 Å². The molecule has 1 heterocycles. The smallest absolute Gasteiger partial charge is 0.282 e. The second-order valence-electron chi connectivity index (χ2n) is 4.02. The van der Waals surface area contributed by atoms with E-state index in [1.165, 1.54) is 12.1 Å². The van der Waals surface area contributed by atoms with Crippen LogP contribution in [0.5, 0.6) is 0 Å². The molecule has 0 spiro atoms. The summed E-state index contributed by atoms with van der Waals surface area (Å²) in [5.41, 5.74) is 5.46. The van der Waals surface area contributed by atoms with E-state index in [1.807, 2.05) is 0 Å². The van der Waals surface area contributed by atoms with Crippen LogP contribution in [0.1, 0.15) is 11.4 Å². The molecule has 0 bridgehead atoms. The van der Waals surface area contributed by atoms with Crippen LogP contribution in [0.2, 0.25) is 0 Å². The Morgan fingerprint density at radius 1 is 1.26 bits per heavy atom. The Morgan fingerprint density at radius 2 is 1.95 bits per heavy atom. The fourth-order valence-corrected chi connectivity index (χ4v) is 2.44. The number of alkyl halides is 2. The molecular weight excluding hydrogens is 270 g/mol. The van der Waals surface area contributed by atoms with Crippen LogP contribution in [0, 0.1) is 0 Å². The Bertz CT molecular complexity index is 542. The van der Waals surface area contributed by atoms with E-state index in [0.29, 0.717) is 11.0 Å². The highest BCUT2D eigenvalue weighted by Gasteiger charge is 2.32. The molecule has 0 amide bonds. The number of hydrogen-bond acceptors (Lipinski definition) is 4. The van der Waals surface area contributed by atoms with Crippen LogP contribution in [0.15, 0.2) is 35.5 Å². The van der Waals surface area contributed by atoms with Gasteiger partial charge in [0.25, 0.3) is 5.92 Å². The monoisotopic (exact) mass is 284 g/mol. The molecule has 19 heavy (non-hydrogen) atoms. The minimum Gasteiger partial charge on any atom is -0.324 e. The van der Waals surface area contributed by atoms with E-state index in [-0.39, 0.29) is 17.9 Å². The van der Waals surface area contributed by atoms with Crippen LogP contribution >= 0.6 is 11.8 Å². The Balaban J connectivity index is 2.07. The number of thioether (sulfide) groups is 1. The molecule has 0 fully saturated rings. The standard InChI is InChI=1S/C12H14F2N4S/c1-18-10(7-15)16-17-11(18)19-8-12(13,14)9-5-3-2-4-6-9/h2-6H,7-8,15H2,1H3. The van der Waals surface area contributed by atoms with Crippen molar-refractivity contribution < 1.29 is 8.78 Å². The molecule has 0 radical (unpaired) electrons. The largest absolute Gasteiger partial charge is 0.324 e. The molecule has 7 heteroatoms. The quantitative estimate of drug-likeness (QED) is 0.855. The molecule has 0 aliphatic carbocycles. The van der Waals surface area contributed by atoms with Gasteiger partial charge in [0.2, 0.25) is 0 Å². The summed E-state index contributed by atoms with van der Waals surface area (Å²) < 4.78 is 29.5. The molecule has 2 N–H and O–H groups in total. The first-order chi connectivity index (χ1) is 9.04. The average Bonchev–Trinajstić information content (AvgIpc) is 2.78. The molecule has 2 rings (SSSR count). The third kappa shape index (κ3) is 3.10. The zero-order chi connectivity index (χ0) is 13.9. The maximum atomic E-state index is 14.0. The fourth-order valence-electron chi connectivity index (χ4n) is 1.57. The summed E-state index contributed by atoms with van der Waals surface area (Å²) in [5.74, 6) is -2.71. The normalized spacial score (nSPS) is 11.8. The van der Waals surface area contributed by atoms with E-state index in [2.05, 4.69) is 10.2 Å². The Labute approximate surface area is 114 Å². The number of halogens is 2. The van der Waals surface area contributed by atoms with E-state index in [4.69, 9.17) is 5.73 Å². The second kappa shape index (κ2) is 5.66. The molecule has 0 saturated heterocycles. The van der Waals surface area contributed by atoms with Crippen molar-refractivity contribution in [2.75, 3.05) is 5.75 Å². The molecule has 0 unspecified atom stereocenters. The van der Waals surface area contributed by atoms with Crippen molar-refractivity contribution in [2.45, 2.75) is 17.6 Å². The van der Waals surface area contributed by atoms with Crippen LogP contribution < -0.4 is 5.73 Å². The Kier molecular flexibility index (Phi) is 4.16. The van der Waals surface area contributed by atoms with E-state index < -0.39 is 5.92 Å². The van der Waals surface area contributed by atoms with Crippen molar-refractivity contribution in [3.63, 3.8) is 0 Å².